The number of benzene rings is 2. The van der Waals surface area contributed by atoms with E-state index >= 15 is 0 Å². The number of hydrazine groups is 1. The second-order valence-electron chi connectivity index (χ2n) is 8.07. The van der Waals surface area contributed by atoms with Crippen molar-refractivity contribution in [1.82, 2.24) is 10.0 Å². The zero-order valence-corrected chi connectivity index (χ0v) is 18.4. The summed E-state index contributed by atoms with van der Waals surface area (Å²) < 4.78 is 0. The third kappa shape index (κ3) is 3.27. The number of amides is 3. The first-order valence-electron chi connectivity index (χ1n) is 9.93. The Morgan fingerprint density at radius 2 is 1.58 bits per heavy atom. The van der Waals surface area contributed by atoms with Crippen molar-refractivity contribution >= 4 is 52.5 Å². The number of hydrogen-bond acceptors (Lipinski definition) is 3. The van der Waals surface area contributed by atoms with E-state index in [1.54, 1.807) is 42.5 Å². The van der Waals surface area contributed by atoms with Crippen LogP contribution in [-0.4, -0.2) is 27.7 Å². The molecule has 158 valence electrons. The molecule has 31 heavy (non-hydrogen) atoms. The van der Waals surface area contributed by atoms with E-state index in [0.717, 1.165) is 11.4 Å². The standard InChI is InChI=1S/C23H17Cl3N2O3/c24-15-8-7-14(18(26)10-15)11-27(21(29)16-3-1-2-4-17(16)25)28-22(30)19-12-5-6-13(9-12)20(19)23(28)31/h1-8,10,12-13,19-20H,9,11H2/t12-,13-,19-,20+/m0/s1. The molecule has 1 saturated carbocycles. The summed E-state index contributed by atoms with van der Waals surface area (Å²) in [6, 6.07) is 11.4. The molecule has 1 aliphatic heterocycles. The summed E-state index contributed by atoms with van der Waals surface area (Å²) in [6.45, 7) is -0.0697. The van der Waals surface area contributed by atoms with Gasteiger partial charge in [0.15, 0.2) is 0 Å². The van der Waals surface area contributed by atoms with Gasteiger partial charge in [-0.25, -0.2) is 5.01 Å². The van der Waals surface area contributed by atoms with Gasteiger partial charge in [-0.3, -0.25) is 14.4 Å². The Balaban J connectivity index is 1.56. The Kier molecular flexibility index (Phi) is 5.08. The predicted molar refractivity (Wildman–Crippen MR) is 117 cm³/mol. The molecular weight excluding hydrogens is 459 g/mol. The van der Waals surface area contributed by atoms with Crippen LogP contribution in [0.1, 0.15) is 22.3 Å². The number of allylic oxidation sites excluding steroid dienone is 2. The molecule has 5 rings (SSSR count). The maximum Gasteiger partial charge on any atom is 0.274 e. The second kappa shape index (κ2) is 7.66. The second-order valence-corrected chi connectivity index (χ2v) is 9.32. The average molecular weight is 476 g/mol. The monoisotopic (exact) mass is 474 g/mol. The van der Waals surface area contributed by atoms with E-state index in [1.165, 1.54) is 5.01 Å². The molecule has 0 spiro atoms. The minimum atomic E-state index is -0.543. The van der Waals surface area contributed by atoms with Gasteiger partial charge in [0, 0.05) is 10.0 Å². The first kappa shape index (κ1) is 20.6. The first-order valence-corrected chi connectivity index (χ1v) is 11.1. The lowest BCUT2D eigenvalue weighted by Gasteiger charge is -2.32. The number of carbonyl (C=O) groups is 3. The van der Waals surface area contributed by atoms with Gasteiger partial charge >= 0.3 is 0 Å². The quantitative estimate of drug-likeness (QED) is 0.461. The van der Waals surface area contributed by atoms with Crippen LogP contribution in [0.25, 0.3) is 0 Å². The third-order valence-corrected chi connectivity index (χ3v) is 7.28. The van der Waals surface area contributed by atoms with Crippen molar-refractivity contribution in [2.75, 3.05) is 0 Å². The highest BCUT2D eigenvalue weighted by Crippen LogP contribution is 2.53. The number of imide groups is 1. The van der Waals surface area contributed by atoms with Gasteiger partial charge in [0.05, 0.1) is 29.0 Å². The zero-order chi connectivity index (χ0) is 21.9. The fourth-order valence-corrected chi connectivity index (χ4v) is 5.63. The Hall–Kier alpha value is -2.34. The van der Waals surface area contributed by atoms with Crippen molar-refractivity contribution in [2.45, 2.75) is 13.0 Å². The Morgan fingerprint density at radius 3 is 2.19 bits per heavy atom. The van der Waals surface area contributed by atoms with Crippen molar-refractivity contribution in [3.8, 4) is 0 Å². The molecule has 2 aromatic rings. The van der Waals surface area contributed by atoms with Crippen LogP contribution in [0.4, 0.5) is 0 Å². The summed E-state index contributed by atoms with van der Waals surface area (Å²) in [4.78, 5) is 40.3. The molecule has 3 amide bonds. The molecule has 0 radical (unpaired) electrons. The smallest absolute Gasteiger partial charge is 0.272 e. The zero-order valence-electron chi connectivity index (χ0n) is 16.2. The van der Waals surface area contributed by atoms with Gasteiger partial charge in [-0.1, -0.05) is 65.2 Å². The normalized spacial score (nSPS) is 26.0. The van der Waals surface area contributed by atoms with Crippen molar-refractivity contribution in [3.63, 3.8) is 0 Å². The topological polar surface area (TPSA) is 57.7 Å². The van der Waals surface area contributed by atoms with E-state index in [0.29, 0.717) is 15.6 Å². The predicted octanol–water partition coefficient (Wildman–Crippen LogP) is 5.01. The molecule has 1 heterocycles. The molecule has 0 N–H and O–H groups in total. The number of halogens is 3. The van der Waals surface area contributed by atoms with Gasteiger partial charge < -0.3 is 0 Å². The lowest BCUT2D eigenvalue weighted by Crippen LogP contribution is -2.50. The van der Waals surface area contributed by atoms with Gasteiger partial charge in [0.2, 0.25) is 0 Å². The maximum atomic E-state index is 13.5. The fourth-order valence-electron chi connectivity index (χ4n) is 4.94. The minimum absolute atomic E-state index is 0.0350. The number of fused-ring (bicyclic) bond motifs is 5. The lowest BCUT2D eigenvalue weighted by molar-refractivity contribution is -0.156. The fraction of sp³-hybridized carbons (Fsp3) is 0.261. The van der Waals surface area contributed by atoms with E-state index in [1.807, 2.05) is 12.2 Å². The Bertz CT molecular complexity index is 1120. The molecule has 2 bridgehead atoms. The average Bonchev–Trinajstić information content (AvgIpc) is 3.42. The van der Waals surface area contributed by atoms with E-state index in [9.17, 15) is 14.4 Å². The maximum absolute atomic E-state index is 13.5. The van der Waals surface area contributed by atoms with Crippen molar-refractivity contribution in [2.24, 2.45) is 23.7 Å². The van der Waals surface area contributed by atoms with Gasteiger partial charge in [0.25, 0.3) is 17.7 Å². The molecule has 3 aliphatic rings. The van der Waals surface area contributed by atoms with Crippen molar-refractivity contribution in [3.05, 3.63) is 80.8 Å². The van der Waals surface area contributed by atoms with Gasteiger partial charge in [0.1, 0.15) is 0 Å². The molecule has 1 saturated heterocycles. The van der Waals surface area contributed by atoms with Gasteiger partial charge in [-0.2, -0.15) is 5.01 Å². The van der Waals surface area contributed by atoms with Crippen LogP contribution in [0.2, 0.25) is 15.1 Å². The summed E-state index contributed by atoms with van der Waals surface area (Å²) in [6.07, 6.45) is 4.83. The lowest BCUT2D eigenvalue weighted by atomic mass is 9.85. The Morgan fingerprint density at radius 1 is 0.935 bits per heavy atom. The molecule has 2 aliphatic carbocycles. The van der Waals surface area contributed by atoms with Gasteiger partial charge in [-0.15, -0.1) is 0 Å². The van der Waals surface area contributed by atoms with Crippen molar-refractivity contribution in [1.29, 1.82) is 0 Å². The van der Waals surface area contributed by atoms with Crippen LogP contribution in [0.5, 0.6) is 0 Å². The highest BCUT2D eigenvalue weighted by Gasteiger charge is 2.61. The number of hydrogen-bond donors (Lipinski definition) is 0. The highest BCUT2D eigenvalue weighted by atomic mass is 35.5. The van der Waals surface area contributed by atoms with E-state index < -0.39 is 17.7 Å². The Labute approximate surface area is 194 Å². The summed E-state index contributed by atoms with van der Waals surface area (Å²) in [7, 11) is 0. The number of carbonyl (C=O) groups excluding carboxylic acids is 3. The van der Waals surface area contributed by atoms with Crippen LogP contribution in [0.15, 0.2) is 54.6 Å². The van der Waals surface area contributed by atoms with Gasteiger partial charge in [-0.05, 0) is 48.1 Å². The van der Waals surface area contributed by atoms with E-state index in [-0.39, 0.29) is 40.8 Å². The third-order valence-electron chi connectivity index (χ3n) is 6.36. The summed E-state index contributed by atoms with van der Waals surface area (Å²) in [5.74, 6) is -2.02. The molecular formula is C23H17Cl3N2O3. The summed E-state index contributed by atoms with van der Waals surface area (Å²) >= 11 is 18.6. The molecule has 2 fully saturated rings. The summed E-state index contributed by atoms with van der Waals surface area (Å²) in [5, 5.41) is 3.20. The number of nitrogens with zero attached hydrogens (tertiary/aromatic N) is 2. The van der Waals surface area contributed by atoms with Crippen LogP contribution >= 0.6 is 34.8 Å². The molecule has 2 aromatic carbocycles. The highest BCUT2D eigenvalue weighted by molar-refractivity contribution is 6.35. The largest absolute Gasteiger partial charge is 0.274 e. The molecule has 5 nitrogen and oxygen atoms in total. The molecule has 4 atom stereocenters. The van der Waals surface area contributed by atoms with Crippen LogP contribution in [0, 0.1) is 23.7 Å². The first-order chi connectivity index (χ1) is 14.9. The summed E-state index contributed by atoms with van der Waals surface area (Å²) in [5.41, 5.74) is 0.762. The van der Waals surface area contributed by atoms with Crippen molar-refractivity contribution < 1.29 is 14.4 Å². The van der Waals surface area contributed by atoms with Crippen LogP contribution in [0.3, 0.4) is 0 Å². The minimum Gasteiger partial charge on any atom is -0.272 e. The van der Waals surface area contributed by atoms with E-state index in [4.69, 9.17) is 34.8 Å². The van der Waals surface area contributed by atoms with Crippen LogP contribution < -0.4 is 0 Å². The SMILES string of the molecule is O=C(c1ccccc1Cl)N(Cc1ccc(Cl)cc1Cl)N1C(=O)[C@@H]2[C@H](C1=O)[C@H]1C=C[C@H]2C1. The molecule has 0 unspecified atom stereocenters. The van der Waals surface area contributed by atoms with Crippen LogP contribution in [-0.2, 0) is 16.1 Å². The number of rotatable bonds is 4. The van der Waals surface area contributed by atoms with E-state index in [2.05, 4.69) is 0 Å². The molecule has 8 heteroatoms. The molecule has 0 aromatic heterocycles.